The molecule has 0 heterocycles. The van der Waals surface area contributed by atoms with Crippen LogP contribution in [-0.4, -0.2) is 20.1 Å². The fourth-order valence-corrected chi connectivity index (χ4v) is 3.60. The number of thioether (sulfide) groups is 1. The van der Waals surface area contributed by atoms with Crippen LogP contribution in [-0.2, 0) is 5.75 Å². The van der Waals surface area contributed by atoms with Crippen LogP contribution in [0.15, 0.2) is 71.6 Å². The number of halogens is 1. The fourth-order valence-electron chi connectivity index (χ4n) is 2.60. The third-order valence-corrected chi connectivity index (χ3v) is 5.41. The summed E-state index contributed by atoms with van der Waals surface area (Å²) in [4.78, 5) is 13.7. The molecule has 0 unspecified atom stereocenters. The van der Waals surface area contributed by atoms with Gasteiger partial charge in [-0.25, -0.2) is 0 Å². The van der Waals surface area contributed by atoms with Gasteiger partial charge >= 0.3 is 0 Å². The Balaban J connectivity index is 1.73. The van der Waals surface area contributed by atoms with Crippen molar-refractivity contribution < 1.29 is 14.3 Å². The maximum Gasteiger partial charge on any atom is 0.255 e. The average Bonchev–Trinajstić information content (AvgIpc) is 2.73. The molecule has 3 aromatic carbocycles. The lowest BCUT2D eigenvalue weighted by atomic mass is 10.1. The Morgan fingerprint density at radius 2 is 1.68 bits per heavy atom. The molecule has 1 N–H and O–H groups in total. The highest BCUT2D eigenvalue weighted by atomic mass is 35.5. The van der Waals surface area contributed by atoms with Gasteiger partial charge in [0.2, 0.25) is 0 Å². The summed E-state index contributed by atoms with van der Waals surface area (Å²) < 4.78 is 10.6. The minimum atomic E-state index is -0.175. The van der Waals surface area contributed by atoms with Gasteiger partial charge in [0.15, 0.2) is 0 Å². The Kier molecular flexibility index (Phi) is 6.85. The van der Waals surface area contributed by atoms with Crippen LogP contribution in [0, 0.1) is 0 Å². The number of rotatable bonds is 7. The minimum absolute atomic E-state index is 0.175. The fraction of sp³-hybridized carbons (Fsp3) is 0.136. The summed E-state index contributed by atoms with van der Waals surface area (Å²) in [6.45, 7) is 0. The van der Waals surface area contributed by atoms with Crippen LogP contribution in [0.2, 0.25) is 5.02 Å². The molecule has 0 aliphatic carbocycles. The first kappa shape index (κ1) is 20.1. The highest BCUT2D eigenvalue weighted by Gasteiger charge is 2.11. The first-order chi connectivity index (χ1) is 13.6. The normalized spacial score (nSPS) is 10.4. The van der Waals surface area contributed by atoms with Gasteiger partial charge in [-0.05, 0) is 66.7 Å². The molecule has 0 fully saturated rings. The van der Waals surface area contributed by atoms with E-state index in [0.29, 0.717) is 22.0 Å². The van der Waals surface area contributed by atoms with Gasteiger partial charge in [-0.15, -0.1) is 11.8 Å². The van der Waals surface area contributed by atoms with Crippen molar-refractivity contribution in [3.05, 3.63) is 82.9 Å². The quantitative estimate of drug-likeness (QED) is 0.490. The number of amides is 1. The van der Waals surface area contributed by atoms with Crippen molar-refractivity contribution in [2.24, 2.45) is 0 Å². The van der Waals surface area contributed by atoms with Crippen LogP contribution < -0.4 is 14.8 Å². The van der Waals surface area contributed by atoms with E-state index in [1.807, 2.05) is 36.4 Å². The highest BCUT2D eigenvalue weighted by Crippen LogP contribution is 2.30. The van der Waals surface area contributed by atoms with E-state index in [9.17, 15) is 4.79 Å². The topological polar surface area (TPSA) is 47.6 Å². The monoisotopic (exact) mass is 413 g/mol. The molecule has 0 saturated carbocycles. The first-order valence-electron chi connectivity index (χ1n) is 8.59. The highest BCUT2D eigenvalue weighted by molar-refractivity contribution is 7.98. The second-order valence-electron chi connectivity index (χ2n) is 5.95. The predicted octanol–water partition coefficient (Wildman–Crippen LogP) is 5.90. The Morgan fingerprint density at radius 1 is 0.964 bits per heavy atom. The Bertz CT molecular complexity index is 943. The second kappa shape index (κ2) is 9.53. The van der Waals surface area contributed by atoms with Crippen molar-refractivity contribution in [3.63, 3.8) is 0 Å². The van der Waals surface area contributed by atoms with E-state index in [1.54, 1.807) is 56.3 Å². The van der Waals surface area contributed by atoms with Gasteiger partial charge in [0.05, 0.1) is 14.2 Å². The number of anilines is 1. The number of carbonyl (C=O) groups excluding carboxylic acids is 1. The van der Waals surface area contributed by atoms with Crippen LogP contribution in [0.1, 0.15) is 15.9 Å². The summed E-state index contributed by atoms with van der Waals surface area (Å²) in [5.74, 6) is 1.99. The molecule has 144 valence electrons. The molecule has 0 aliphatic rings. The number of nitrogens with one attached hydrogen (secondary N) is 1. The van der Waals surface area contributed by atoms with E-state index >= 15 is 0 Å². The molecule has 3 rings (SSSR count). The van der Waals surface area contributed by atoms with Crippen molar-refractivity contribution in [1.82, 2.24) is 0 Å². The van der Waals surface area contributed by atoms with Crippen LogP contribution in [0.25, 0.3) is 0 Å². The van der Waals surface area contributed by atoms with E-state index < -0.39 is 0 Å². The van der Waals surface area contributed by atoms with E-state index in [-0.39, 0.29) is 5.91 Å². The van der Waals surface area contributed by atoms with Gasteiger partial charge in [-0.3, -0.25) is 4.79 Å². The third-order valence-electron chi connectivity index (χ3n) is 4.10. The maximum atomic E-state index is 12.6. The van der Waals surface area contributed by atoms with Gasteiger partial charge in [0.1, 0.15) is 11.5 Å². The molecule has 28 heavy (non-hydrogen) atoms. The van der Waals surface area contributed by atoms with Gasteiger partial charge < -0.3 is 14.8 Å². The van der Waals surface area contributed by atoms with E-state index in [0.717, 1.165) is 22.0 Å². The predicted molar refractivity (Wildman–Crippen MR) is 115 cm³/mol. The summed E-state index contributed by atoms with van der Waals surface area (Å²) >= 11 is 7.59. The minimum Gasteiger partial charge on any atom is -0.497 e. The second-order valence-corrected chi connectivity index (χ2v) is 7.44. The first-order valence-corrected chi connectivity index (χ1v) is 9.96. The van der Waals surface area contributed by atoms with Gasteiger partial charge in [0, 0.05) is 32.5 Å². The number of hydrogen-bond donors (Lipinski definition) is 1. The number of ether oxygens (including phenoxy) is 2. The van der Waals surface area contributed by atoms with Crippen LogP contribution in [0.3, 0.4) is 0 Å². The molecule has 4 nitrogen and oxygen atoms in total. The standard InChI is InChI=1S/C22H20ClNO3S/c1-26-19-8-6-18(7-9-19)24-22(25)15-3-12-21(27-2)16(13-15)14-28-20-10-4-17(23)5-11-20/h3-13H,14H2,1-2H3,(H,24,25). The van der Waals surface area contributed by atoms with Crippen molar-refractivity contribution in [3.8, 4) is 11.5 Å². The van der Waals surface area contributed by atoms with Crippen LogP contribution in [0.4, 0.5) is 5.69 Å². The van der Waals surface area contributed by atoms with Crippen LogP contribution >= 0.6 is 23.4 Å². The zero-order valence-electron chi connectivity index (χ0n) is 15.6. The molecular weight excluding hydrogens is 394 g/mol. The Labute approximate surface area is 173 Å². The third kappa shape index (κ3) is 5.21. The molecule has 0 saturated heterocycles. The molecule has 0 aromatic heterocycles. The van der Waals surface area contributed by atoms with Gasteiger partial charge in [-0.2, -0.15) is 0 Å². The van der Waals surface area contributed by atoms with Gasteiger partial charge in [-0.1, -0.05) is 11.6 Å². The maximum absolute atomic E-state index is 12.6. The molecule has 0 spiro atoms. The summed E-state index contributed by atoms with van der Waals surface area (Å²) in [6, 6.07) is 20.3. The Morgan fingerprint density at radius 3 is 2.32 bits per heavy atom. The lowest BCUT2D eigenvalue weighted by Gasteiger charge is -2.11. The number of methoxy groups -OCH3 is 2. The SMILES string of the molecule is COc1ccc(NC(=O)c2ccc(OC)c(CSc3ccc(Cl)cc3)c2)cc1. The van der Waals surface area contributed by atoms with E-state index in [2.05, 4.69) is 5.32 Å². The Hall–Kier alpha value is -2.63. The summed E-state index contributed by atoms with van der Waals surface area (Å²) in [7, 11) is 3.23. The average molecular weight is 414 g/mol. The van der Waals surface area contributed by atoms with Gasteiger partial charge in [0.25, 0.3) is 5.91 Å². The molecule has 6 heteroatoms. The lowest BCUT2D eigenvalue weighted by Crippen LogP contribution is -2.12. The smallest absolute Gasteiger partial charge is 0.255 e. The summed E-state index contributed by atoms with van der Waals surface area (Å²) in [6.07, 6.45) is 0. The van der Waals surface area contributed by atoms with Crippen LogP contribution in [0.5, 0.6) is 11.5 Å². The zero-order chi connectivity index (χ0) is 19.9. The molecule has 0 atom stereocenters. The van der Waals surface area contributed by atoms with E-state index in [4.69, 9.17) is 21.1 Å². The van der Waals surface area contributed by atoms with Crippen molar-refractivity contribution >= 4 is 35.0 Å². The van der Waals surface area contributed by atoms with Crippen molar-refractivity contribution in [2.75, 3.05) is 19.5 Å². The molecule has 1 amide bonds. The largest absolute Gasteiger partial charge is 0.497 e. The van der Waals surface area contributed by atoms with Crippen molar-refractivity contribution in [2.45, 2.75) is 10.6 Å². The summed E-state index contributed by atoms with van der Waals surface area (Å²) in [5, 5.41) is 3.60. The molecule has 3 aromatic rings. The number of carbonyl (C=O) groups is 1. The lowest BCUT2D eigenvalue weighted by molar-refractivity contribution is 0.102. The molecule has 0 bridgehead atoms. The number of hydrogen-bond acceptors (Lipinski definition) is 4. The molecular formula is C22H20ClNO3S. The zero-order valence-corrected chi connectivity index (χ0v) is 17.1. The number of benzene rings is 3. The summed E-state index contributed by atoms with van der Waals surface area (Å²) in [5.41, 5.74) is 2.23. The van der Waals surface area contributed by atoms with Crippen molar-refractivity contribution in [1.29, 1.82) is 0 Å². The molecule has 0 radical (unpaired) electrons. The molecule has 0 aliphatic heterocycles. The van der Waals surface area contributed by atoms with E-state index in [1.165, 1.54) is 0 Å².